The van der Waals surface area contributed by atoms with E-state index in [4.69, 9.17) is 15.0 Å². The maximum absolute atomic E-state index is 5.08. The van der Waals surface area contributed by atoms with Crippen molar-refractivity contribution in [2.24, 2.45) is 0 Å². The van der Waals surface area contributed by atoms with Gasteiger partial charge in [-0.15, -0.1) is 11.3 Å². The molecule has 0 aliphatic rings. The van der Waals surface area contributed by atoms with Gasteiger partial charge in [-0.2, -0.15) is 9.97 Å². The number of hydrogen-bond acceptors (Lipinski definition) is 4. The van der Waals surface area contributed by atoms with Crippen molar-refractivity contribution < 1.29 is 0 Å². The first-order valence-electron chi connectivity index (χ1n) is 13.9. The van der Waals surface area contributed by atoms with Crippen LogP contribution in [0.25, 0.3) is 70.7 Å². The van der Waals surface area contributed by atoms with Gasteiger partial charge in [0.2, 0.25) is 5.95 Å². The summed E-state index contributed by atoms with van der Waals surface area (Å²) in [6.45, 7) is 4.55. The van der Waals surface area contributed by atoms with Crippen molar-refractivity contribution in [3.05, 3.63) is 121 Å². The molecule has 0 saturated heterocycles. The molecule has 0 aliphatic carbocycles. The number of fused-ring (bicyclic) bond motifs is 7. The summed E-state index contributed by atoms with van der Waals surface area (Å²) in [5, 5.41) is 5.08. The van der Waals surface area contributed by atoms with E-state index in [0.717, 1.165) is 22.2 Å². The van der Waals surface area contributed by atoms with Crippen LogP contribution < -0.4 is 0 Å². The van der Waals surface area contributed by atoms with Gasteiger partial charge in [0, 0.05) is 42.1 Å². The molecule has 0 atom stereocenters. The zero-order valence-corrected chi connectivity index (χ0v) is 23.6. The van der Waals surface area contributed by atoms with E-state index in [-0.39, 0.29) is 0 Å². The third-order valence-corrected chi connectivity index (χ3v) is 9.13. The summed E-state index contributed by atoms with van der Waals surface area (Å²) in [7, 11) is 0. The van der Waals surface area contributed by atoms with Gasteiger partial charge < -0.3 is 0 Å². The fourth-order valence-electron chi connectivity index (χ4n) is 5.90. The van der Waals surface area contributed by atoms with Crippen LogP contribution in [0.3, 0.4) is 0 Å². The molecule has 8 aromatic rings. The number of nitrogens with zero attached hydrogens (tertiary/aromatic N) is 4. The molecule has 0 radical (unpaired) electrons. The average Bonchev–Trinajstić information content (AvgIpc) is 3.57. The number of para-hydroxylation sites is 1. The molecule has 0 bridgehead atoms. The predicted octanol–water partition coefficient (Wildman–Crippen LogP) is 9.79. The summed E-state index contributed by atoms with van der Waals surface area (Å²) in [4.78, 5) is 15.1. The van der Waals surface area contributed by atoms with Gasteiger partial charge in [-0.05, 0) is 23.6 Å². The fourth-order valence-corrected chi connectivity index (χ4v) is 7.42. The number of rotatable bonds is 4. The van der Waals surface area contributed by atoms with Gasteiger partial charge >= 0.3 is 0 Å². The van der Waals surface area contributed by atoms with Crippen LogP contribution in [0.15, 0.2) is 115 Å². The molecule has 3 aromatic heterocycles. The highest BCUT2D eigenvalue weighted by atomic mass is 32.1. The van der Waals surface area contributed by atoms with Crippen molar-refractivity contribution in [1.29, 1.82) is 0 Å². The highest BCUT2D eigenvalue weighted by Crippen LogP contribution is 2.45. The molecular formula is C36H26N4S. The molecule has 0 saturated carbocycles. The molecule has 5 heteroatoms. The Morgan fingerprint density at radius 3 is 1.83 bits per heavy atom. The van der Waals surface area contributed by atoms with Crippen LogP contribution in [0.1, 0.15) is 25.3 Å². The van der Waals surface area contributed by atoms with E-state index in [1.165, 1.54) is 36.5 Å². The number of aromatic nitrogens is 4. The first-order valence-corrected chi connectivity index (χ1v) is 14.7. The largest absolute Gasteiger partial charge is 0.278 e. The Kier molecular flexibility index (Phi) is 5.47. The lowest BCUT2D eigenvalue weighted by atomic mass is 10.0. The van der Waals surface area contributed by atoms with Gasteiger partial charge in [0.1, 0.15) is 0 Å². The van der Waals surface area contributed by atoms with Crippen LogP contribution in [0.5, 0.6) is 0 Å². The van der Waals surface area contributed by atoms with E-state index in [1.807, 2.05) is 72.0 Å². The SMILES string of the molecule is CC(C)c1cccc2c1sc1c2ccc2c1c1ccccc1n2-c1nc(-c2ccccc2)nc(-c2ccccc2)n1. The van der Waals surface area contributed by atoms with Crippen molar-refractivity contribution in [2.45, 2.75) is 19.8 Å². The summed E-state index contributed by atoms with van der Waals surface area (Å²) in [5.41, 5.74) is 5.50. The lowest BCUT2D eigenvalue weighted by Gasteiger charge is -2.10. The van der Waals surface area contributed by atoms with Crippen molar-refractivity contribution in [1.82, 2.24) is 19.5 Å². The lowest BCUT2D eigenvalue weighted by molar-refractivity contribution is 0.878. The molecule has 0 unspecified atom stereocenters. The van der Waals surface area contributed by atoms with Crippen molar-refractivity contribution in [3.63, 3.8) is 0 Å². The first kappa shape index (κ1) is 24.0. The monoisotopic (exact) mass is 546 g/mol. The quantitative estimate of drug-likeness (QED) is 0.221. The minimum Gasteiger partial charge on any atom is -0.278 e. The van der Waals surface area contributed by atoms with Gasteiger partial charge in [-0.1, -0.05) is 117 Å². The minimum atomic E-state index is 0.460. The average molecular weight is 547 g/mol. The smallest absolute Gasteiger partial charge is 0.238 e. The van der Waals surface area contributed by atoms with Crippen molar-refractivity contribution in [3.8, 4) is 28.7 Å². The van der Waals surface area contributed by atoms with Gasteiger partial charge in [-0.25, -0.2) is 4.98 Å². The summed E-state index contributed by atoms with van der Waals surface area (Å²) in [5.74, 6) is 2.39. The fraction of sp³-hybridized carbons (Fsp3) is 0.0833. The minimum absolute atomic E-state index is 0.460. The molecule has 0 fully saturated rings. The van der Waals surface area contributed by atoms with Gasteiger partial charge in [-0.3, -0.25) is 4.57 Å². The van der Waals surface area contributed by atoms with E-state index >= 15 is 0 Å². The first-order chi connectivity index (χ1) is 20.2. The molecule has 3 heterocycles. The molecule has 196 valence electrons. The van der Waals surface area contributed by atoms with Crippen molar-refractivity contribution >= 4 is 53.3 Å². The third-order valence-electron chi connectivity index (χ3n) is 7.84. The summed E-state index contributed by atoms with van der Waals surface area (Å²) >= 11 is 1.90. The van der Waals surface area contributed by atoms with Crippen LogP contribution in [-0.4, -0.2) is 19.5 Å². The Labute approximate surface area is 241 Å². The van der Waals surface area contributed by atoms with E-state index in [2.05, 4.69) is 73.0 Å². The van der Waals surface area contributed by atoms with Gasteiger partial charge in [0.25, 0.3) is 0 Å². The standard InChI is InChI=1S/C36H26N4S/c1-22(2)25-17-11-18-26-27-20-21-30-31(33(27)41-32(25)26)28-16-9-10-19-29(28)40(30)36-38-34(23-12-5-3-6-13-23)37-35(39-36)24-14-7-4-8-15-24/h3-22H,1-2H3. The van der Waals surface area contributed by atoms with E-state index in [0.29, 0.717) is 23.5 Å². The summed E-state index contributed by atoms with van der Waals surface area (Å²) in [6.07, 6.45) is 0. The molecule has 0 N–H and O–H groups in total. The second-order valence-electron chi connectivity index (χ2n) is 10.7. The van der Waals surface area contributed by atoms with Gasteiger partial charge in [0.15, 0.2) is 11.6 Å². The molecule has 0 amide bonds. The van der Waals surface area contributed by atoms with Crippen LogP contribution in [0.4, 0.5) is 0 Å². The van der Waals surface area contributed by atoms with Crippen LogP contribution in [0, 0.1) is 0 Å². The van der Waals surface area contributed by atoms with Crippen molar-refractivity contribution in [2.75, 3.05) is 0 Å². The second-order valence-corrected chi connectivity index (χ2v) is 11.7. The highest BCUT2D eigenvalue weighted by Gasteiger charge is 2.21. The summed E-state index contributed by atoms with van der Waals surface area (Å²) in [6, 6.07) is 40.1. The van der Waals surface area contributed by atoms with Crippen LogP contribution in [-0.2, 0) is 0 Å². The lowest BCUT2D eigenvalue weighted by Crippen LogP contribution is -2.06. The Morgan fingerprint density at radius 2 is 1.15 bits per heavy atom. The zero-order chi connectivity index (χ0) is 27.5. The molecule has 0 aliphatic heterocycles. The molecule has 4 nitrogen and oxygen atoms in total. The molecule has 5 aromatic carbocycles. The maximum atomic E-state index is 5.08. The predicted molar refractivity (Wildman–Crippen MR) is 172 cm³/mol. The Balaban J connectivity index is 1.48. The molecule has 0 spiro atoms. The second kappa shape index (κ2) is 9.36. The third kappa shape index (κ3) is 3.77. The molecular weight excluding hydrogens is 520 g/mol. The van der Waals surface area contributed by atoms with E-state index in [1.54, 1.807) is 0 Å². The normalized spacial score (nSPS) is 11.9. The molecule has 8 rings (SSSR count). The zero-order valence-electron chi connectivity index (χ0n) is 22.7. The number of hydrogen-bond donors (Lipinski definition) is 0. The Hall–Kier alpha value is -4.87. The summed E-state index contributed by atoms with van der Waals surface area (Å²) < 4.78 is 4.89. The van der Waals surface area contributed by atoms with Gasteiger partial charge in [0.05, 0.1) is 11.0 Å². The van der Waals surface area contributed by atoms with E-state index in [9.17, 15) is 0 Å². The number of benzene rings is 5. The highest BCUT2D eigenvalue weighted by molar-refractivity contribution is 7.27. The Bertz CT molecular complexity index is 2170. The van der Waals surface area contributed by atoms with E-state index < -0.39 is 0 Å². The van der Waals surface area contributed by atoms with Crippen LogP contribution >= 0.6 is 11.3 Å². The Morgan fingerprint density at radius 1 is 0.537 bits per heavy atom. The number of thiophene rings is 1. The molecule has 41 heavy (non-hydrogen) atoms. The maximum Gasteiger partial charge on any atom is 0.238 e. The topological polar surface area (TPSA) is 43.6 Å². The van der Waals surface area contributed by atoms with Crippen LogP contribution in [0.2, 0.25) is 0 Å².